The quantitative estimate of drug-likeness (QED) is 0.0863. The SMILES string of the molecule is CCCCN(CCCC)c1ccc(C(=CC=CC(O)(c2ccc(OC)cc2)c2ccc(N(CCCC)CCCC)cc2)c2ccc(OC)cc2)cc1.[O-][Cl+3]([O-])([O-])[O-]. The van der Waals surface area contributed by atoms with Crippen molar-refractivity contribution in [3.63, 3.8) is 0 Å². The lowest BCUT2D eigenvalue weighted by molar-refractivity contribution is -2.00. The molecule has 1 N–H and O–H groups in total. The van der Waals surface area contributed by atoms with E-state index < -0.39 is 15.8 Å². The average molecular weight is 802 g/mol. The van der Waals surface area contributed by atoms with Gasteiger partial charge < -0.3 is 24.4 Å². The van der Waals surface area contributed by atoms with Crippen LogP contribution in [-0.4, -0.2) is 45.5 Å². The van der Waals surface area contributed by atoms with Gasteiger partial charge in [0.05, 0.1) is 14.2 Å². The van der Waals surface area contributed by atoms with Crippen molar-refractivity contribution in [1.82, 2.24) is 0 Å². The first kappa shape index (κ1) is 47.0. The summed E-state index contributed by atoms with van der Waals surface area (Å²) in [6, 6.07) is 33.3. The molecule has 1 atom stereocenters. The highest BCUT2D eigenvalue weighted by Crippen LogP contribution is 2.35. The molecule has 0 amide bonds. The average Bonchev–Trinajstić information content (AvgIpc) is 3.22. The Bertz CT molecular complexity index is 1730. The number of ether oxygens (including phenoxy) is 2. The van der Waals surface area contributed by atoms with Gasteiger partial charge in [0.15, 0.2) is 0 Å². The number of methoxy groups -OCH3 is 2. The number of nitrogens with zero attached hydrogens (tertiary/aromatic N) is 2. The van der Waals surface area contributed by atoms with Gasteiger partial charge in [-0.2, -0.15) is 0 Å². The summed E-state index contributed by atoms with van der Waals surface area (Å²) in [5.41, 5.74) is 5.92. The lowest BCUT2D eigenvalue weighted by atomic mass is 9.85. The van der Waals surface area contributed by atoms with Gasteiger partial charge in [-0.25, -0.2) is 18.6 Å². The Kier molecular flexibility index (Phi) is 20.2. The van der Waals surface area contributed by atoms with Gasteiger partial charge in [0, 0.05) is 37.6 Å². The predicted molar refractivity (Wildman–Crippen MR) is 222 cm³/mol. The monoisotopic (exact) mass is 801 g/mol. The first-order valence-corrected chi connectivity index (χ1v) is 21.4. The lowest BCUT2D eigenvalue weighted by Gasteiger charge is -2.28. The topological polar surface area (TPSA) is 137 Å². The summed E-state index contributed by atoms with van der Waals surface area (Å²) >= 11 is 0. The Hall–Kier alpha value is -4.35. The molecule has 4 aromatic rings. The van der Waals surface area contributed by atoms with E-state index >= 15 is 0 Å². The number of anilines is 2. The van der Waals surface area contributed by atoms with E-state index in [2.05, 4.69) is 104 Å². The zero-order valence-electron chi connectivity index (χ0n) is 34.6. The first-order chi connectivity index (χ1) is 27.4. The van der Waals surface area contributed by atoms with Crippen LogP contribution in [0.1, 0.15) is 101 Å². The molecule has 0 spiro atoms. The summed E-state index contributed by atoms with van der Waals surface area (Å²) < 4.78 is 44.9. The molecular weight excluding hydrogens is 740 g/mol. The third kappa shape index (κ3) is 15.5. The molecule has 310 valence electrons. The van der Waals surface area contributed by atoms with E-state index in [4.69, 9.17) is 28.1 Å². The molecular formula is C47H62ClN2O7-. The molecule has 1 unspecified atom stereocenters. The van der Waals surface area contributed by atoms with Crippen LogP contribution in [0.4, 0.5) is 11.4 Å². The van der Waals surface area contributed by atoms with Crippen molar-refractivity contribution in [2.24, 2.45) is 0 Å². The molecule has 0 radical (unpaired) electrons. The largest absolute Gasteiger partial charge is 0.497 e. The van der Waals surface area contributed by atoms with Crippen molar-refractivity contribution in [2.75, 3.05) is 50.2 Å². The number of hydrogen-bond acceptors (Lipinski definition) is 9. The molecule has 10 heteroatoms. The maximum atomic E-state index is 12.6. The summed E-state index contributed by atoms with van der Waals surface area (Å²) in [5.74, 6) is 1.57. The molecule has 0 fully saturated rings. The zero-order chi connectivity index (χ0) is 41.7. The number of aliphatic hydroxyl groups is 1. The fraction of sp³-hybridized carbons (Fsp3) is 0.404. The highest BCUT2D eigenvalue weighted by Gasteiger charge is 2.29. The van der Waals surface area contributed by atoms with Gasteiger partial charge in [-0.15, -0.1) is 10.2 Å². The van der Waals surface area contributed by atoms with E-state index in [0.717, 1.165) is 91.2 Å². The highest BCUT2D eigenvalue weighted by atomic mass is 35.7. The number of halogens is 1. The second-order valence-electron chi connectivity index (χ2n) is 14.0. The van der Waals surface area contributed by atoms with Gasteiger partial charge in [-0.1, -0.05) is 114 Å². The molecule has 0 aromatic heterocycles. The Morgan fingerprint density at radius 2 is 0.877 bits per heavy atom. The third-order valence-electron chi connectivity index (χ3n) is 9.87. The van der Waals surface area contributed by atoms with E-state index in [0.29, 0.717) is 0 Å². The second kappa shape index (κ2) is 24.4. The summed E-state index contributed by atoms with van der Waals surface area (Å²) in [7, 11) is -1.59. The second-order valence-corrected chi connectivity index (χ2v) is 14.8. The summed E-state index contributed by atoms with van der Waals surface area (Å²) in [6.45, 7) is 13.2. The smallest absolute Gasteiger partial charge is 0.133 e. The molecule has 0 saturated heterocycles. The van der Waals surface area contributed by atoms with Crippen molar-refractivity contribution in [1.29, 1.82) is 0 Å². The maximum absolute atomic E-state index is 12.6. The lowest BCUT2D eigenvalue weighted by Crippen LogP contribution is -2.68. The predicted octanol–water partition coefficient (Wildman–Crippen LogP) is 6.69. The number of benzene rings is 4. The Morgan fingerprint density at radius 3 is 1.23 bits per heavy atom. The summed E-state index contributed by atoms with van der Waals surface area (Å²) in [6.07, 6.45) is 15.4. The Balaban J connectivity index is 0.00000163. The normalized spacial score (nSPS) is 12.8. The van der Waals surface area contributed by atoms with Crippen LogP contribution < -0.4 is 37.9 Å². The third-order valence-corrected chi connectivity index (χ3v) is 9.87. The van der Waals surface area contributed by atoms with Crippen LogP contribution in [0.3, 0.4) is 0 Å². The van der Waals surface area contributed by atoms with Crippen LogP contribution in [0, 0.1) is 10.2 Å². The molecule has 0 aliphatic heterocycles. The van der Waals surface area contributed by atoms with Gasteiger partial charge >= 0.3 is 0 Å². The molecule has 4 aromatic carbocycles. The van der Waals surface area contributed by atoms with E-state index in [1.807, 2.05) is 48.6 Å². The van der Waals surface area contributed by atoms with Crippen LogP contribution in [-0.2, 0) is 5.60 Å². The van der Waals surface area contributed by atoms with Gasteiger partial charge in [0.1, 0.15) is 17.1 Å². The molecule has 0 aliphatic carbocycles. The fourth-order valence-corrected chi connectivity index (χ4v) is 6.53. The zero-order valence-corrected chi connectivity index (χ0v) is 35.4. The molecule has 0 heterocycles. The summed E-state index contributed by atoms with van der Waals surface area (Å²) in [4.78, 5) is 4.99. The number of hydrogen-bond donors (Lipinski definition) is 1. The first-order valence-electron chi connectivity index (χ1n) is 20.1. The Labute approximate surface area is 343 Å². The molecule has 9 nitrogen and oxygen atoms in total. The highest BCUT2D eigenvalue weighted by molar-refractivity contribution is 5.81. The van der Waals surface area contributed by atoms with Crippen molar-refractivity contribution in [3.05, 3.63) is 138 Å². The van der Waals surface area contributed by atoms with Gasteiger partial charge in [-0.05, 0) is 108 Å². The minimum Gasteiger partial charge on any atom is -0.497 e. The minimum absolute atomic E-state index is 0.751. The van der Waals surface area contributed by atoms with Crippen LogP contribution in [0.15, 0.2) is 115 Å². The van der Waals surface area contributed by atoms with Gasteiger partial charge in [0.25, 0.3) is 0 Å². The maximum Gasteiger partial charge on any atom is 0.133 e. The van der Waals surface area contributed by atoms with Crippen molar-refractivity contribution in [3.8, 4) is 11.5 Å². The Morgan fingerprint density at radius 1 is 0.561 bits per heavy atom. The van der Waals surface area contributed by atoms with Crippen LogP contribution in [0.5, 0.6) is 11.5 Å². The minimum atomic E-state index is -4.94. The number of allylic oxidation sites excluding steroid dienone is 2. The van der Waals surface area contributed by atoms with E-state index in [9.17, 15) is 5.11 Å². The molecule has 0 bridgehead atoms. The number of unbranched alkanes of at least 4 members (excludes halogenated alkanes) is 4. The standard InChI is InChI=1S/C47H62N2O3.ClHO4/c1-7-11-34-48(35-12-8-2)42-25-17-38(18-26-42)46(39-19-29-44(51-5)30-20-39)16-15-33-47(50,41-23-31-45(52-6)32-24-41)40-21-27-43(28-22-40)49(36-13-9-3)37-14-10-4;2-1(3,4)5/h15-33,50H,7-14,34-37H2,1-6H3;(H,2,3,4,5)/p-1. The van der Waals surface area contributed by atoms with E-state index in [1.54, 1.807) is 14.2 Å². The van der Waals surface area contributed by atoms with Crippen LogP contribution in [0.25, 0.3) is 5.57 Å². The van der Waals surface area contributed by atoms with Crippen molar-refractivity contribution in [2.45, 2.75) is 84.7 Å². The molecule has 57 heavy (non-hydrogen) atoms. The van der Waals surface area contributed by atoms with Gasteiger partial charge in [-0.3, -0.25) is 0 Å². The van der Waals surface area contributed by atoms with Crippen LogP contribution >= 0.6 is 0 Å². The molecule has 0 saturated carbocycles. The molecule has 0 aliphatic rings. The van der Waals surface area contributed by atoms with E-state index in [-0.39, 0.29) is 0 Å². The van der Waals surface area contributed by atoms with Crippen molar-refractivity contribution < 1.29 is 43.5 Å². The van der Waals surface area contributed by atoms with E-state index in [1.165, 1.54) is 37.1 Å². The van der Waals surface area contributed by atoms with Gasteiger partial charge in [0.2, 0.25) is 0 Å². The van der Waals surface area contributed by atoms with Crippen molar-refractivity contribution >= 4 is 16.9 Å². The summed E-state index contributed by atoms with van der Waals surface area (Å²) in [5, 5.41) is 12.6. The fourth-order valence-electron chi connectivity index (χ4n) is 6.53. The van der Waals surface area contributed by atoms with Crippen LogP contribution in [0.2, 0.25) is 0 Å². The molecule has 4 rings (SSSR count). The number of rotatable bonds is 22.